The van der Waals surface area contributed by atoms with Gasteiger partial charge < -0.3 is 9.30 Å². The molecule has 0 radical (unpaired) electrons. The average Bonchev–Trinajstić information content (AvgIpc) is 3.25. The van der Waals surface area contributed by atoms with E-state index in [9.17, 15) is 29.8 Å². The van der Waals surface area contributed by atoms with Crippen molar-refractivity contribution in [3.8, 4) is 17.2 Å². The number of anilines is 1. The van der Waals surface area contributed by atoms with Crippen LogP contribution in [0, 0.1) is 47.9 Å². The maximum atomic E-state index is 13.5. The number of benzene rings is 3. The number of rotatable bonds is 7. The lowest BCUT2D eigenvalue weighted by Gasteiger charge is -2.29. The zero-order valence-electron chi connectivity index (χ0n) is 24.0. The molecule has 1 saturated heterocycles. The Bertz CT molecular complexity index is 1930. The zero-order valence-corrected chi connectivity index (χ0v) is 24.8. The Morgan fingerprint density at radius 2 is 1.52 bits per heavy atom. The number of aromatic nitrogens is 1. The van der Waals surface area contributed by atoms with Crippen molar-refractivity contribution in [2.24, 2.45) is 0 Å². The van der Waals surface area contributed by atoms with E-state index in [0.717, 1.165) is 40.3 Å². The summed E-state index contributed by atoms with van der Waals surface area (Å²) in [5.74, 6) is -0.983. The van der Waals surface area contributed by atoms with Crippen molar-refractivity contribution in [2.75, 3.05) is 4.90 Å². The summed E-state index contributed by atoms with van der Waals surface area (Å²) < 4.78 is 7.59. The molecule has 0 spiro atoms. The van der Waals surface area contributed by atoms with Crippen molar-refractivity contribution in [2.45, 2.75) is 27.7 Å². The molecule has 1 N–H and O–H groups in total. The van der Waals surface area contributed by atoms with Gasteiger partial charge in [0.15, 0.2) is 5.11 Å². The number of amides is 2. The molecule has 1 aliphatic heterocycles. The molecule has 2 heterocycles. The smallest absolute Gasteiger partial charge is 0.318 e. The molecule has 0 atom stereocenters. The van der Waals surface area contributed by atoms with Crippen LogP contribution in [0.1, 0.15) is 28.1 Å². The Kier molecular flexibility index (Phi) is 7.81. The molecule has 44 heavy (non-hydrogen) atoms. The van der Waals surface area contributed by atoms with Gasteiger partial charge in [-0.25, -0.2) is 0 Å². The number of nitro benzene ring substituents is 2. The molecule has 0 aliphatic carbocycles. The first-order valence-electron chi connectivity index (χ1n) is 13.2. The number of hydrogen-bond acceptors (Lipinski definition) is 8. The molecule has 0 saturated carbocycles. The lowest BCUT2D eigenvalue weighted by molar-refractivity contribution is -0.394. The zero-order chi connectivity index (χ0) is 31.9. The summed E-state index contributed by atoms with van der Waals surface area (Å²) in [5.41, 5.74) is 4.53. The van der Waals surface area contributed by atoms with Crippen LogP contribution in [0.15, 0.2) is 72.3 Å². The second-order valence-electron chi connectivity index (χ2n) is 10.2. The van der Waals surface area contributed by atoms with E-state index in [0.29, 0.717) is 11.3 Å². The highest BCUT2D eigenvalue weighted by molar-refractivity contribution is 7.80. The highest BCUT2D eigenvalue weighted by Crippen LogP contribution is 2.35. The Morgan fingerprint density at radius 1 is 0.841 bits per heavy atom. The number of non-ortho nitro benzene ring substituents is 1. The van der Waals surface area contributed by atoms with E-state index in [-0.39, 0.29) is 22.2 Å². The molecule has 3 aromatic carbocycles. The van der Waals surface area contributed by atoms with Crippen LogP contribution in [-0.2, 0) is 9.59 Å². The molecule has 2 amide bonds. The fraction of sp³-hybridized carbons (Fsp3) is 0.129. The van der Waals surface area contributed by atoms with Crippen LogP contribution in [-0.4, -0.2) is 31.3 Å². The van der Waals surface area contributed by atoms with Crippen LogP contribution >= 0.6 is 12.2 Å². The molecule has 4 aromatic rings. The molecule has 0 unspecified atom stereocenters. The van der Waals surface area contributed by atoms with Gasteiger partial charge in [0.2, 0.25) is 5.75 Å². The van der Waals surface area contributed by atoms with Crippen LogP contribution in [0.2, 0.25) is 0 Å². The average molecular weight is 612 g/mol. The van der Waals surface area contributed by atoms with Crippen molar-refractivity contribution in [3.05, 3.63) is 121 Å². The third kappa shape index (κ3) is 5.55. The molecule has 1 aromatic heterocycles. The van der Waals surface area contributed by atoms with Crippen LogP contribution in [0.5, 0.6) is 11.5 Å². The highest BCUT2D eigenvalue weighted by Gasteiger charge is 2.35. The summed E-state index contributed by atoms with van der Waals surface area (Å²) in [7, 11) is 0. The maximum absolute atomic E-state index is 13.5. The predicted octanol–water partition coefficient (Wildman–Crippen LogP) is 6.15. The van der Waals surface area contributed by atoms with Crippen molar-refractivity contribution < 1.29 is 24.2 Å². The molecular weight excluding hydrogens is 586 g/mol. The second kappa shape index (κ2) is 11.5. The normalized spacial score (nSPS) is 14.1. The second-order valence-corrected chi connectivity index (χ2v) is 10.5. The Hall–Kier alpha value is -5.69. The van der Waals surface area contributed by atoms with Gasteiger partial charge in [0, 0.05) is 23.1 Å². The van der Waals surface area contributed by atoms with Crippen molar-refractivity contribution in [3.63, 3.8) is 0 Å². The number of carbonyl (C=O) groups is 2. The summed E-state index contributed by atoms with van der Waals surface area (Å²) in [4.78, 5) is 48.7. The standard InChI is InChI=1S/C31H25N5O7S/c1-17-5-6-23(13-18(17)2)34-30(38)26(29(37)32-31(34)44)15-21-14-19(3)33(20(21)4)22-7-10-25(11-8-22)43-28-12-9-24(35(39)40)16-27(28)36(41)42/h5-16H,1-4H3,(H,32,37,44)/b26-15+. The minimum atomic E-state index is -0.745. The number of carbonyl (C=O) groups excluding carboxylic acids is 2. The van der Waals surface area contributed by atoms with Gasteiger partial charge in [0.05, 0.1) is 21.6 Å². The quantitative estimate of drug-likeness (QED) is 0.0859. The fourth-order valence-electron chi connectivity index (χ4n) is 4.88. The molecular formula is C31H25N5O7S. The van der Waals surface area contributed by atoms with Gasteiger partial charge in [-0.15, -0.1) is 0 Å². The van der Waals surface area contributed by atoms with Gasteiger partial charge in [0.1, 0.15) is 11.3 Å². The van der Waals surface area contributed by atoms with E-state index < -0.39 is 33.0 Å². The third-order valence-corrected chi connectivity index (χ3v) is 7.58. The summed E-state index contributed by atoms with van der Waals surface area (Å²) in [6, 6.07) is 17.2. The summed E-state index contributed by atoms with van der Waals surface area (Å²) in [6.45, 7) is 7.61. The van der Waals surface area contributed by atoms with Crippen molar-refractivity contribution >= 4 is 52.3 Å². The van der Waals surface area contributed by atoms with Crippen LogP contribution in [0.25, 0.3) is 11.8 Å². The molecule has 13 heteroatoms. The monoisotopic (exact) mass is 611 g/mol. The number of thiocarbonyl (C=S) groups is 1. The summed E-state index contributed by atoms with van der Waals surface area (Å²) in [5, 5.41) is 25.1. The van der Waals surface area contributed by atoms with E-state index in [1.807, 2.05) is 50.5 Å². The third-order valence-electron chi connectivity index (χ3n) is 7.29. The number of hydrogen-bond donors (Lipinski definition) is 1. The summed E-state index contributed by atoms with van der Waals surface area (Å²) >= 11 is 5.33. The van der Waals surface area contributed by atoms with E-state index in [2.05, 4.69) is 5.32 Å². The first kappa shape index (κ1) is 29.8. The van der Waals surface area contributed by atoms with Gasteiger partial charge in [-0.05, 0) is 111 Å². The maximum Gasteiger partial charge on any atom is 0.318 e. The van der Waals surface area contributed by atoms with Crippen LogP contribution in [0.3, 0.4) is 0 Å². The molecule has 0 bridgehead atoms. The van der Waals surface area contributed by atoms with Gasteiger partial charge >= 0.3 is 5.69 Å². The molecule has 1 aliphatic rings. The molecule has 12 nitrogen and oxygen atoms in total. The molecule has 5 rings (SSSR count). The van der Waals surface area contributed by atoms with E-state index in [4.69, 9.17) is 17.0 Å². The number of aryl methyl sites for hydroxylation is 3. The molecule has 1 fully saturated rings. The number of nitro groups is 2. The Labute approximate surface area is 256 Å². The minimum absolute atomic E-state index is 0.00671. The van der Waals surface area contributed by atoms with Crippen molar-refractivity contribution in [1.82, 2.24) is 9.88 Å². The highest BCUT2D eigenvalue weighted by atomic mass is 32.1. The van der Waals surface area contributed by atoms with Crippen LogP contribution < -0.4 is 15.0 Å². The first-order chi connectivity index (χ1) is 20.8. The topological polar surface area (TPSA) is 150 Å². The van der Waals surface area contributed by atoms with Crippen molar-refractivity contribution in [1.29, 1.82) is 0 Å². The number of ether oxygens (including phenoxy) is 1. The lowest BCUT2D eigenvalue weighted by atomic mass is 10.1. The molecule has 222 valence electrons. The lowest BCUT2D eigenvalue weighted by Crippen LogP contribution is -2.54. The minimum Gasteiger partial charge on any atom is -0.450 e. The van der Waals surface area contributed by atoms with Gasteiger partial charge in [0.25, 0.3) is 17.5 Å². The predicted molar refractivity (Wildman–Crippen MR) is 167 cm³/mol. The summed E-state index contributed by atoms with van der Waals surface area (Å²) in [6.07, 6.45) is 1.54. The Morgan fingerprint density at radius 3 is 2.16 bits per heavy atom. The largest absolute Gasteiger partial charge is 0.450 e. The van der Waals surface area contributed by atoms with E-state index in [1.54, 1.807) is 30.3 Å². The SMILES string of the molecule is Cc1ccc(N2C(=O)/C(=C/c3cc(C)n(-c4ccc(Oc5ccc([N+](=O)[O-])cc5[N+](=O)[O-])cc4)c3C)C(=O)NC2=S)cc1C. The van der Waals surface area contributed by atoms with Gasteiger partial charge in [-0.1, -0.05) is 6.07 Å². The van der Waals surface area contributed by atoms with Gasteiger partial charge in [-0.2, -0.15) is 0 Å². The Balaban J connectivity index is 1.43. The first-order valence-corrected chi connectivity index (χ1v) is 13.7. The van der Waals surface area contributed by atoms with Gasteiger partial charge in [-0.3, -0.25) is 40.0 Å². The number of nitrogens with one attached hydrogen (secondary N) is 1. The fourth-order valence-corrected chi connectivity index (χ4v) is 5.16. The van der Waals surface area contributed by atoms with Crippen LogP contribution in [0.4, 0.5) is 17.1 Å². The van der Waals surface area contributed by atoms with E-state index in [1.165, 1.54) is 17.0 Å². The van der Waals surface area contributed by atoms with E-state index >= 15 is 0 Å². The number of nitrogens with zero attached hydrogens (tertiary/aromatic N) is 4.